The first-order chi connectivity index (χ1) is 18.4. The van der Waals surface area contributed by atoms with Gasteiger partial charge in [0.05, 0.1) is 30.4 Å². The Bertz CT molecular complexity index is 1650. The summed E-state index contributed by atoms with van der Waals surface area (Å²) in [5.74, 6) is 6.39. The van der Waals surface area contributed by atoms with E-state index in [0.29, 0.717) is 47.2 Å². The van der Waals surface area contributed by atoms with Crippen molar-refractivity contribution < 1.29 is 22.7 Å². The van der Waals surface area contributed by atoms with E-state index in [9.17, 15) is 13.2 Å². The van der Waals surface area contributed by atoms with Gasteiger partial charge in [0.25, 0.3) is 0 Å². The van der Waals surface area contributed by atoms with Crippen LogP contribution in [0.5, 0.6) is 5.75 Å². The molecule has 0 aliphatic carbocycles. The Morgan fingerprint density at radius 3 is 2.55 bits per heavy atom. The number of esters is 1. The van der Waals surface area contributed by atoms with E-state index in [1.165, 1.54) is 7.11 Å². The third kappa shape index (κ3) is 5.84. The van der Waals surface area contributed by atoms with Crippen molar-refractivity contribution in [3.63, 3.8) is 0 Å². The summed E-state index contributed by atoms with van der Waals surface area (Å²) in [6.45, 7) is 1.94. The Hall–Kier alpha value is -4.22. The maximum Gasteiger partial charge on any atom is 0.356 e. The minimum Gasteiger partial charge on any atom is -0.496 e. The molecule has 0 atom stereocenters. The molecule has 0 aliphatic rings. The number of methoxy groups -OCH3 is 2. The SMILES string of the molecule is CCc1cc(C#Cc2ccccc2CCCS(=O)(=O)c2ccc(OC)c3cccnc23)cnc1C(=O)OC. The smallest absolute Gasteiger partial charge is 0.356 e. The quantitative estimate of drug-likeness (QED) is 0.240. The van der Waals surface area contributed by atoms with E-state index in [1.807, 2.05) is 37.3 Å². The molecule has 2 aromatic heterocycles. The van der Waals surface area contributed by atoms with Crippen LogP contribution in [0.2, 0.25) is 0 Å². The highest BCUT2D eigenvalue weighted by molar-refractivity contribution is 7.91. The number of pyridine rings is 2. The summed E-state index contributed by atoms with van der Waals surface area (Å²) in [5, 5.41) is 0.664. The van der Waals surface area contributed by atoms with Gasteiger partial charge in [-0.05, 0) is 66.8 Å². The van der Waals surface area contributed by atoms with Gasteiger partial charge in [-0.25, -0.2) is 18.2 Å². The van der Waals surface area contributed by atoms with Crippen molar-refractivity contribution in [3.8, 4) is 17.6 Å². The fraction of sp³-hybridized carbons (Fsp3) is 0.233. The van der Waals surface area contributed by atoms with E-state index in [0.717, 1.165) is 16.7 Å². The summed E-state index contributed by atoms with van der Waals surface area (Å²) in [5.41, 5.74) is 3.94. The lowest BCUT2D eigenvalue weighted by Crippen LogP contribution is -2.09. The Morgan fingerprint density at radius 2 is 1.79 bits per heavy atom. The lowest BCUT2D eigenvalue weighted by atomic mass is 10.0. The fourth-order valence-corrected chi connectivity index (χ4v) is 5.72. The number of aryl methyl sites for hydroxylation is 2. The number of nitrogens with zero attached hydrogens (tertiary/aromatic N) is 2. The van der Waals surface area contributed by atoms with E-state index in [4.69, 9.17) is 9.47 Å². The zero-order valence-corrected chi connectivity index (χ0v) is 22.3. The van der Waals surface area contributed by atoms with Gasteiger partial charge in [-0.15, -0.1) is 0 Å². The molecule has 2 aromatic carbocycles. The molecular weight excluding hydrogens is 500 g/mol. The van der Waals surface area contributed by atoms with Gasteiger partial charge in [-0.3, -0.25) is 4.98 Å². The minimum atomic E-state index is -3.57. The standard InChI is InChI=1S/C30H28N2O5S/c1-4-22-19-21(20-32-28(22)30(33)37-3)13-14-24-10-6-5-9-23(24)11-8-18-38(34,35)27-16-15-26(36-2)25-12-7-17-31-29(25)27/h5-7,9-10,12,15-17,19-20H,4,8,11,18H2,1-3H3. The Labute approximate surface area is 222 Å². The molecule has 0 unspecified atom stereocenters. The molecule has 0 saturated heterocycles. The average molecular weight is 529 g/mol. The summed E-state index contributed by atoms with van der Waals surface area (Å²) >= 11 is 0. The van der Waals surface area contributed by atoms with Crippen molar-refractivity contribution in [2.75, 3.05) is 20.0 Å². The minimum absolute atomic E-state index is 0.0223. The second-order valence-corrected chi connectivity index (χ2v) is 10.6. The van der Waals surface area contributed by atoms with Gasteiger partial charge in [0.2, 0.25) is 0 Å². The van der Waals surface area contributed by atoms with Crippen molar-refractivity contribution in [1.29, 1.82) is 0 Å². The summed E-state index contributed by atoms with van der Waals surface area (Å²) < 4.78 is 36.6. The van der Waals surface area contributed by atoms with Gasteiger partial charge >= 0.3 is 5.97 Å². The van der Waals surface area contributed by atoms with Gasteiger partial charge in [-0.1, -0.05) is 37.0 Å². The van der Waals surface area contributed by atoms with Crippen molar-refractivity contribution in [2.24, 2.45) is 0 Å². The number of sulfone groups is 1. The number of ether oxygens (including phenoxy) is 2. The van der Waals surface area contributed by atoms with E-state index in [2.05, 4.69) is 21.8 Å². The van der Waals surface area contributed by atoms with Gasteiger partial charge in [0, 0.05) is 28.9 Å². The predicted molar refractivity (Wildman–Crippen MR) is 146 cm³/mol. The molecule has 7 nitrogen and oxygen atoms in total. The topological polar surface area (TPSA) is 95.5 Å². The van der Waals surface area contributed by atoms with E-state index in [1.54, 1.807) is 43.8 Å². The van der Waals surface area contributed by atoms with Crippen LogP contribution >= 0.6 is 0 Å². The zero-order chi connectivity index (χ0) is 27.1. The largest absolute Gasteiger partial charge is 0.496 e. The monoisotopic (exact) mass is 528 g/mol. The Balaban J connectivity index is 1.52. The second kappa shape index (κ2) is 11.9. The number of carbonyl (C=O) groups excluding carboxylic acids is 1. The summed E-state index contributed by atoms with van der Waals surface area (Å²) in [6.07, 6.45) is 4.73. The maximum absolute atomic E-state index is 13.2. The van der Waals surface area contributed by atoms with E-state index in [-0.39, 0.29) is 10.6 Å². The van der Waals surface area contributed by atoms with E-state index >= 15 is 0 Å². The van der Waals surface area contributed by atoms with Crippen LogP contribution in [0.25, 0.3) is 10.9 Å². The molecule has 0 amide bonds. The van der Waals surface area contributed by atoms with Crippen LogP contribution < -0.4 is 4.74 Å². The first-order valence-corrected chi connectivity index (χ1v) is 13.8. The molecule has 0 fully saturated rings. The van der Waals surface area contributed by atoms with Crippen LogP contribution in [-0.4, -0.2) is 44.3 Å². The Kier molecular flexibility index (Phi) is 8.39. The van der Waals surface area contributed by atoms with Crippen LogP contribution in [-0.2, 0) is 27.4 Å². The third-order valence-corrected chi connectivity index (χ3v) is 8.02. The van der Waals surface area contributed by atoms with Crippen molar-refractivity contribution in [3.05, 3.63) is 94.9 Å². The Morgan fingerprint density at radius 1 is 0.974 bits per heavy atom. The first-order valence-electron chi connectivity index (χ1n) is 12.2. The molecular formula is C30H28N2O5S. The molecule has 0 N–H and O–H groups in total. The van der Waals surface area contributed by atoms with Gasteiger partial charge in [0.15, 0.2) is 15.5 Å². The normalized spacial score (nSPS) is 11.0. The molecule has 0 aliphatic heterocycles. The van der Waals surface area contributed by atoms with Crippen LogP contribution in [0.4, 0.5) is 0 Å². The lowest BCUT2D eigenvalue weighted by molar-refractivity contribution is 0.0592. The molecule has 194 valence electrons. The second-order valence-electron chi connectivity index (χ2n) is 8.57. The highest BCUT2D eigenvalue weighted by Gasteiger charge is 2.20. The highest BCUT2D eigenvalue weighted by atomic mass is 32.2. The van der Waals surface area contributed by atoms with Gasteiger partial charge in [-0.2, -0.15) is 0 Å². The molecule has 8 heteroatoms. The maximum atomic E-state index is 13.2. The molecule has 0 radical (unpaired) electrons. The molecule has 0 bridgehead atoms. The number of benzene rings is 2. The van der Waals surface area contributed by atoms with Crippen molar-refractivity contribution in [2.45, 2.75) is 31.1 Å². The highest BCUT2D eigenvalue weighted by Crippen LogP contribution is 2.30. The summed E-state index contributed by atoms with van der Waals surface area (Å²) in [6, 6.07) is 16.3. The predicted octanol–water partition coefficient (Wildman–Crippen LogP) is 4.79. The number of carbonyl (C=O) groups is 1. The third-order valence-electron chi connectivity index (χ3n) is 6.19. The van der Waals surface area contributed by atoms with Crippen LogP contribution in [0.1, 0.15) is 46.1 Å². The molecule has 0 saturated carbocycles. The van der Waals surface area contributed by atoms with Crippen LogP contribution in [0, 0.1) is 11.8 Å². The van der Waals surface area contributed by atoms with Crippen LogP contribution in [0.15, 0.2) is 71.9 Å². The lowest BCUT2D eigenvalue weighted by Gasteiger charge is -2.11. The summed E-state index contributed by atoms with van der Waals surface area (Å²) in [4.78, 5) is 20.7. The zero-order valence-electron chi connectivity index (χ0n) is 21.5. The molecule has 0 spiro atoms. The van der Waals surface area contributed by atoms with Gasteiger partial charge in [0.1, 0.15) is 5.75 Å². The van der Waals surface area contributed by atoms with Gasteiger partial charge < -0.3 is 9.47 Å². The number of aromatic nitrogens is 2. The molecule has 2 heterocycles. The van der Waals surface area contributed by atoms with Crippen molar-refractivity contribution >= 4 is 26.7 Å². The first kappa shape index (κ1) is 26.8. The van der Waals surface area contributed by atoms with Crippen LogP contribution in [0.3, 0.4) is 0 Å². The van der Waals surface area contributed by atoms with E-state index < -0.39 is 15.8 Å². The molecule has 38 heavy (non-hydrogen) atoms. The van der Waals surface area contributed by atoms with Crippen molar-refractivity contribution in [1.82, 2.24) is 9.97 Å². The fourth-order valence-electron chi connectivity index (χ4n) is 4.24. The number of rotatable bonds is 8. The number of hydrogen-bond acceptors (Lipinski definition) is 7. The summed E-state index contributed by atoms with van der Waals surface area (Å²) in [7, 11) is -0.694. The number of hydrogen-bond donors (Lipinski definition) is 0. The average Bonchev–Trinajstić information content (AvgIpc) is 2.95. The number of fused-ring (bicyclic) bond motifs is 1. The molecule has 4 aromatic rings. The molecule has 4 rings (SSSR count).